The van der Waals surface area contributed by atoms with Crippen molar-refractivity contribution >= 4 is 25.8 Å². The molecule has 0 spiro atoms. The molecule has 0 fully saturated rings. The van der Waals surface area contributed by atoms with Gasteiger partial charge in [0.15, 0.2) is 0 Å². The van der Waals surface area contributed by atoms with E-state index in [0.717, 1.165) is 25.9 Å². The molecule has 10 heteroatoms. The largest absolute Gasteiger partial charge is 0.503 e. The fraction of sp³-hybridized carbons (Fsp3) is 1.00. The van der Waals surface area contributed by atoms with Crippen molar-refractivity contribution in [2.24, 2.45) is 0 Å². The molecule has 0 amide bonds. The molecule has 0 aromatic rings. The van der Waals surface area contributed by atoms with E-state index in [0.29, 0.717) is 39.6 Å². The molecule has 0 aliphatic heterocycles. The van der Waals surface area contributed by atoms with Crippen molar-refractivity contribution in [3.8, 4) is 0 Å². The lowest BCUT2D eigenvalue weighted by Gasteiger charge is -2.43. The molecule has 0 aromatic heterocycles. The molecule has 36 heavy (non-hydrogen) atoms. The molecule has 2 unspecified atom stereocenters. The van der Waals surface area contributed by atoms with E-state index in [1.54, 1.807) is 0 Å². The molecule has 0 saturated heterocycles. The Bertz CT molecular complexity index is 464. The van der Waals surface area contributed by atoms with E-state index in [2.05, 4.69) is 39.2 Å². The summed E-state index contributed by atoms with van der Waals surface area (Å²) in [6.45, 7) is 29.7. The molecule has 0 heterocycles. The molecule has 0 saturated carbocycles. The lowest BCUT2D eigenvalue weighted by atomic mass is 10.3. The summed E-state index contributed by atoms with van der Waals surface area (Å²) >= 11 is 0. The van der Waals surface area contributed by atoms with Crippen LogP contribution in [-0.2, 0) is 26.6 Å². The van der Waals surface area contributed by atoms with Crippen LogP contribution >= 0.6 is 0 Å². The van der Waals surface area contributed by atoms with Crippen LogP contribution in [0.15, 0.2) is 0 Å². The maximum atomic E-state index is 6.24. The predicted molar refractivity (Wildman–Crippen MR) is 158 cm³/mol. The van der Waals surface area contributed by atoms with E-state index in [9.17, 15) is 0 Å². The Morgan fingerprint density at radius 2 is 0.722 bits per heavy atom. The van der Waals surface area contributed by atoms with Crippen LogP contribution in [0.3, 0.4) is 0 Å². The van der Waals surface area contributed by atoms with Crippen molar-refractivity contribution in [1.29, 1.82) is 0 Å². The predicted octanol–water partition coefficient (Wildman–Crippen LogP) is 6.95. The van der Waals surface area contributed by atoms with E-state index >= 15 is 0 Å². The van der Waals surface area contributed by atoms with Crippen molar-refractivity contribution < 1.29 is 26.6 Å². The van der Waals surface area contributed by atoms with Gasteiger partial charge in [-0.2, -0.15) is 0 Å². The first-order valence-corrected chi connectivity index (χ1v) is 21.0. The molecule has 7 nitrogen and oxygen atoms in total. The normalized spacial score (nSPS) is 15.0. The van der Waals surface area contributed by atoms with Crippen molar-refractivity contribution in [3.05, 3.63) is 0 Å². The van der Waals surface area contributed by atoms with Gasteiger partial charge in [0.25, 0.3) is 0 Å². The summed E-state index contributed by atoms with van der Waals surface area (Å²) in [5, 5.41) is 0. The van der Waals surface area contributed by atoms with E-state index in [4.69, 9.17) is 26.6 Å². The van der Waals surface area contributed by atoms with Crippen LogP contribution in [0, 0.1) is 0 Å². The molecule has 2 atom stereocenters. The van der Waals surface area contributed by atoms with Crippen LogP contribution in [0.4, 0.5) is 0 Å². The average molecular weight is 568 g/mol. The molecule has 0 aliphatic rings. The minimum atomic E-state index is -2.73. The van der Waals surface area contributed by atoms with Gasteiger partial charge in [-0.3, -0.25) is 0 Å². The van der Waals surface area contributed by atoms with Crippen molar-refractivity contribution in [2.75, 3.05) is 52.7 Å². The Hall–Kier alpha value is 0.371. The Morgan fingerprint density at radius 3 is 0.917 bits per heavy atom. The van der Waals surface area contributed by atoms with Crippen LogP contribution in [0.1, 0.15) is 89.0 Å². The first kappa shape index (κ1) is 36.4. The highest BCUT2D eigenvalue weighted by atomic mass is 28.4. The highest BCUT2D eigenvalue weighted by Gasteiger charge is 2.49. The zero-order valence-corrected chi connectivity index (χ0v) is 28.7. The third-order valence-electron chi connectivity index (χ3n) is 7.59. The fourth-order valence-corrected chi connectivity index (χ4v) is 15.0. The molecule has 0 N–H and O–H groups in total. The summed E-state index contributed by atoms with van der Waals surface area (Å²) in [5.74, 6) is 0. The van der Waals surface area contributed by atoms with Gasteiger partial charge in [0.05, 0.1) is 0 Å². The highest BCUT2D eigenvalue weighted by molar-refractivity contribution is 6.77. The van der Waals surface area contributed by atoms with Gasteiger partial charge in [-0.15, -0.1) is 0 Å². The maximum absolute atomic E-state index is 6.24. The summed E-state index contributed by atoms with van der Waals surface area (Å²) in [5.41, 5.74) is 0.497. The maximum Gasteiger partial charge on any atom is 0.503 e. The van der Waals surface area contributed by atoms with Crippen LogP contribution in [-0.4, -0.2) is 83.1 Å². The number of hydrogen-bond acceptors (Lipinski definition) is 7. The van der Waals surface area contributed by atoms with Gasteiger partial charge in [-0.1, -0.05) is 34.6 Å². The van der Waals surface area contributed by atoms with Gasteiger partial charge >= 0.3 is 17.6 Å². The molecule has 0 rings (SSSR count). The molecule has 218 valence electrons. The molecular weight excluding hydrogens is 507 g/mol. The van der Waals surface area contributed by atoms with E-state index < -0.39 is 25.8 Å². The Morgan fingerprint density at radius 1 is 0.472 bits per heavy atom. The summed E-state index contributed by atoms with van der Waals surface area (Å²) in [4.78, 5) is 0. The van der Waals surface area contributed by atoms with Crippen LogP contribution in [0.5, 0.6) is 0 Å². The number of nitrogens with zero attached hydrogens (tertiary/aromatic N) is 1. The SMILES string of the molecule is CCO[Si](OCC)(OCC)C(C)CCN(CCC(C)[Si](OCC)(OCC)OCC)[Si](CC)(CC)CC. The summed E-state index contributed by atoms with van der Waals surface area (Å²) in [7, 11) is -7.04. The number of rotatable bonds is 24. The topological polar surface area (TPSA) is 58.6 Å². The average Bonchev–Trinajstić information content (AvgIpc) is 2.86. The lowest BCUT2D eigenvalue weighted by molar-refractivity contribution is 0.0602. The highest BCUT2D eigenvalue weighted by Crippen LogP contribution is 2.34. The van der Waals surface area contributed by atoms with Crippen molar-refractivity contribution in [3.63, 3.8) is 0 Å². The zero-order chi connectivity index (χ0) is 27.7. The van der Waals surface area contributed by atoms with Crippen LogP contribution in [0.2, 0.25) is 29.2 Å². The molecule has 0 radical (unpaired) electrons. The second-order valence-electron chi connectivity index (χ2n) is 9.46. The Labute approximate surface area is 227 Å². The Kier molecular flexibility index (Phi) is 19.6. The molecule has 0 bridgehead atoms. The quantitative estimate of drug-likeness (QED) is 0.117. The molecule has 0 aromatic carbocycles. The smallest absolute Gasteiger partial charge is 0.374 e. The minimum Gasteiger partial charge on any atom is -0.374 e. The molecule has 0 aliphatic carbocycles. The Balaban J connectivity index is 5.85. The van der Waals surface area contributed by atoms with E-state index in [-0.39, 0.29) is 11.1 Å². The van der Waals surface area contributed by atoms with Crippen LogP contribution < -0.4 is 0 Å². The monoisotopic (exact) mass is 567 g/mol. The summed E-state index contributed by atoms with van der Waals surface area (Å²) in [6.07, 6.45) is 2.03. The summed E-state index contributed by atoms with van der Waals surface area (Å²) in [6, 6.07) is 3.79. The standard InChI is InChI=1S/C26H61NO6Si3/c1-12-28-35(29-13-2,30-14-3)25(10)21-23-27(34(18-7,19-8)20-9)24-22-26(11)36(31-15-4,32-16-5)33-17-6/h25-26H,12-24H2,1-11H3. The summed E-state index contributed by atoms with van der Waals surface area (Å²) < 4.78 is 40.3. The van der Waals surface area contributed by atoms with Crippen molar-refractivity contribution in [1.82, 2.24) is 4.57 Å². The first-order valence-electron chi connectivity index (χ1n) is 14.8. The van der Waals surface area contributed by atoms with Gasteiger partial charge in [0.1, 0.15) is 8.24 Å². The number of hydrogen-bond donors (Lipinski definition) is 0. The van der Waals surface area contributed by atoms with Crippen LogP contribution in [0.25, 0.3) is 0 Å². The van der Waals surface area contributed by atoms with Gasteiger partial charge < -0.3 is 31.1 Å². The third kappa shape index (κ3) is 10.2. The lowest BCUT2D eigenvalue weighted by Crippen LogP contribution is -2.56. The van der Waals surface area contributed by atoms with E-state index in [1.807, 2.05) is 41.5 Å². The van der Waals surface area contributed by atoms with Gasteiger partial charge in [0, 0.05) is 50.7 Å². The van der Waals surface area contributed by atoms with Gasteiger partial charge in [0.2, 0.25) is 0 Å². The minimum absolute atomic E-state index is 0.248. The molecular formula is C26H61NO6Si3. The van der Waals surface area contributed by atoms with Gasteiger partial charge in [-0.25, -0.2) is 0 Å². The zero-order valence-electron chi connectivity index (χ0n) is 25.7. The van der Waals surface area contributed by atoms with Gasteiger partial charge in [-0.05, 0) is 85.6 Å². The second-order valence-corrected chi connectivity index (χ2v) is 20.8. The third-order valence-corrected chi connectivity index (χ3v) is 20.5. The first-order chi connectivity index (χ1) is 17.2. The second kappa shape index (κ2) is 19.4. The van der Waals surface area contributed by atoms with E-state index in [1.165, 1.54) is 18.1 Å². The fourth-order valence-electron chi connectivity index (χ4n) is 5.37. The van der Waals surface area contributed by atoms with Crippen molar-refractivity contribution in [2.45, 2.75) is 118 Å².